The number of ketones is 1. The maximum Gasteiger partial charge on any atom is 0.222 e. The number of carbonyl (C=O) groups excluding carboxylic acids is 2. The van der Waals surface area contributed by atoms with E-state index in [2.05, 4.69) is 5.32 Å². The quantitative estimate of drug-likeness (QED) is 0.481. The summed E-state index contributed by atoms with van der Waals surface area (Å²) in [6, 6.07) is 0. The fourth-order valence-corrected chi connectivity index (χ4v) is 1.00. The summed E-state index contributed by atoms with van der Waals surface area (Å²) in [5, 5.41) is 11.1. The van der Waals surface area contributed by atoms with Crippen molar-refractivity contribution in [2.75, 3.05) is 39.6 Å². The zero-order valence-corrected chi connectivity index (χ0v) is 10.2. The third-order valence-corrected chi connectivity index (χ3v) is 1.88. The summed E-state index contributed by atoms with van der Waals surface area (Å²) < 4.78 is 10.1. The van der Waals surface area contributed by atoms with Gasteiger partial charge in [0.25, 0.3) is 0 Å². The Bertz CT molecular complexity index is 220. The number of hydrogen-bond acceptors (Lipinski definition) is 5. The van der Waals surface area contributed by atoms with Crippen LogP contribution in [0, 0.1) is 0 Å². The lowest BCUT2D eigenvalue weighted by atomic mass is 10.3. The van der Waals surface area contributed by atoms with Gasteiger partial charge in [-0.15, -0.1) is 0 Å². The normalized spacial score (nSPS) is 10.2. The summed E-state index contributed by atoms with van der Waals surface area (Å²) >= 11 is 0. The molecule has 0 atom stereocenters. The van der Waals surface area contributed by atoms with Crippen molar-refractivity contribution in [1.29, 1.82) is 0 Å². The van der Waals surface area contributed by atoms with E-state index < -0.39 is 0 Å². The van der Waals surface area contributed by atoms with Crippen LogP contribution in [0.25, 0.3) is 0 Å². The smallest absolute Gasteiger partial charge is 0.222 e. The molecular formula is C11H21NO5. The predicted octanol–water partition coefficient (Wildman–Crippen LogP) is -0.503. The number of Topliss-reactive ketones (excluding diaryl/α,β-unsaturated/α-hetero) is 1. The van der Waals surface area contributed by atoms with Crippen LogP contribution in [-0.4, -0.2) is 56.4 Å². The Morgan fingerprint density at radius 2 is 1.71 bits per heavy atom. The van der Waals surface area contributed by atoms with E-state index >= 15 is 0 Å². The number of hydrogen-bond donors (Lipinski definition) is 2. The average Bonchev–Trinajstić information content (AvgIpc) is 2.28. The molecule has 0 aromatic carbocycles. The summed E-state index contributed by atoms with van der Waals surface area (Å²) in [5.41, 5.74) is 0. The highest BCUT2D eigenvalue weighted by Crippen LogP contribution is 1.87. The maximum atomic E-state index is 11.2. The molecule has 0 saturated heterocycles. The molecule has 0 unspecified atom stereocenters. The molecular weight excluding hydrogens is 226 g/mol. The molecule has 2 N–H and O–H groups in total. The fourth-order valence-electron chi connectivity index (χ4n) is 1.00. The van der Waals surface area contributed by atoms with Crippen LogP contribution in [0.4, 0.5) is 0 Å². The number of ether oxygens (including phenoxy) is 2. The van der Waals surface area contributed by atoms with Gasteiger partial charge < -0.3 is 19.9 Å². The Morgan fingerprint density at radius 3 is 2.35 bits per heavy atom. The number of nitrogens with one attached hydrogen (secondary N) is 1. The molecule has 0 radical (unpaired) electrons. The van der Waals surface area contributed by atoms with Gasteiger partial charge in [0.05, 0.1) is 33.0 Å². The standard InChI is InChI=1S/C11H21NO5/c1-10(14)2-6-16-7-3-11(15)12-4-8-17-9-5-13/h13H,2-9H2,1H3,(H,12,15). The molecule has 0 bridgehead atoms. The summed E-state index contributed by atoms with van der Waals surface area (Å²) in [7, 11) is 0. The first-order valence-corrected chi connectivity index (χ1v) is 5.69. The highest BCUT2D eigenvalue weighted by atomic mass is 16.5. The second-order valence-electron chi connectivity index (χ2n) is 3.50. The van der Waals surface area contributed by atoms with Crippen molar-refractivity contribution in [3.05, 3.63) is 0 Å². The molecule has 0 aromatic heterocycles. The first-order chi connectivity index (χ1) is 8.16. The van der Waals surface area contributed by atoms with Crippen LogP contribution in [0.2, 0.25) is 0 Å². The van der Waals surface area contributed by atoms with E-state index in [1.165, 1.54) is 6.92 Å². The van der Waals surface area contributed by atoms with Crippen LogP contribution in [0.5, 0.6) is 0 Å². The van der Waals surface area contributed by atoms with Gasteiger partial charge in [-0.3, -0.25) is 9.59 Å². The molecule has 0 fully saturated rings. The average molecular weight is 247 g/mol. The van der Waals surface area contributed by atoms with E-state index in [0.29, 0.717) is 32.8 Å². The fraction of sp³-hybridized carbons (Fsp3) is 0.818. The van der Waals surface area contributed by atoms with E-state index in [4.69, 9.17) is 14.6 Å². The molecule has 1 amide bonds. The number of aliphatic hydroxyl groups excluding tert-OH is 1. The second-order valence-corrected chi connectivity index (χ2v) is 3.50. The highest BCUT2D eigenvalue weighted by molar-refractivity contribution is 5.76. The van der Waals surface area contributed by atoms with Gasteiger partial charge in [-0.25, -0.2) is 0 Å². The molecule has 0 aliphatic carbocycles. The van der Waals surface area contributed by atoms with Crippen LogP contribution >= 0.6 is 0 Å². The maximum absolute atomic E-state index is 11.2. The van der Waals surface area contributed by atoms with Crippen molar-refractivity contribution in [2.24, 2.45) is 0 Å². The van der Waals surface area contributed by atoms with E-state index in [1.54, 1.807) is 0 Å². The molecule has 100 valence electrons. The van der Waals surface area contributed by atoms with Crippen molar-refractivity contribution in [2.45, 2.75) is 19.8 Å². The van der Waals surface area contributed by atoms with Crippen LogP contribution in [0.3, 0.4) is 0 Å². The van der Waals surface area contributed by atoms with Crippen molar-refractivity contribution in [3.63, 3.8) is 0 Å². The zero-order valence-electron chi connectivity index (χ0n) is 10.2. The van der Waals surface area contributed by atoms with Gasteiger partial charge in [-0.05, 0) is 6.92 Å². The Balaban J connectivity index is 3.20. The number of aliphatic hydroxyl groups is 1. The lowest BCUT2D eigenvalue weighted by Gasteiger charge is -2.06. The van der Waals surface area contributed by atoms with E-state index in [-0.39, 0.29) is 31.3 Å². The molecule has 0 aliphatic heterocycles. The monoisotopic (exact) mass is 247 g/mol. The molecule has 0 aromatic rings. The molecule has 0 aliphatic rings. The van der Waals surface area contributed by atoms with Crippen LogP contribution < -0.4 is 5.32 Å². The second kappa shape index (κ2) is 11.5. The molecule has 6 heteroatoms. The summed E-state index contributed by atoms with van der Waals surface area (Å²) in [4.78, 5) is 21.8. The first kappa shape index (κ1) is 16.0. The topological polar surface area (TPSA) is 84.9 Å². The minimum absolute atomic E-state index is 0.0159. The van der Waals surface area contributed by atoms with Gasteiger partial charge in [0, 0.05) is 19.4 Å². The van der Waals surface area contributed by atoms with Gasteiger partial charge in [0.15, 0.2) is 0 Å². The first-order valence-electron chi connectivity index (χ1n) is 5.69. The Labute approximate surface area is 101 Å². The summed E-state index contributed by atoms with van der Waals surface area (Å²) in [6.07, 6.45) is 0.661. The van der Waals surface area contributed by atoms with Crippen LogP contribution in [0.1, 0.15) is 19.8 Å². The van der Waals surface area contributed by atoms with Crippen LogP contribution in [-0.2, 0) is 19.1 Å². The highest BCUT2D eigenvalue weighted by Gasteiger charge is 2.00. The molecule has 0 saturated carbocycles. The van der Waals surface area contributed by atoms with E-state index in [1.807, 2.05) is 0 Å². The van der Waals surface area contributed by atoms with Crippen molar-refractivity contribution < 1.29 is 24.2 Å². The lowest BCUT2D eigenvalue weighted by Crippen LogP contribution is -2.28. The number of amides is 1. The molecule has 17 heavy (non-hydrogen) atoms. The van der Waals surface area contributed by atoms with Gasteiger partial charge in [-0.1, -0.05) is 0 Å². The van der Waals surface area contributed by atoms with Crippen LogP contribution in [0.15, 0.2) is 0 Å². The molecule has 0 rings (SSSR count). The van der Waals surface area contributed by atoms with Gasteiger partial charge in [0.2, 0.25) is 5.91 Å². The van der Waals surface area contributed by atoms with Crippen molar-refractivity contribution in [3.8, 4) is 0 Å². The largest absolute Gasteiger partial charge is 0.394 e. The molecule has 0 spiro atoms. The zero-order chi connectivity index (χ0) is 12.9. The Kier molecular flexibility index (Phi) is 10.8. The predicted molar refractivity (Wildman–Crippen MR) is 61.6 cm³/mol. The van der Waals surface area contributed by atoms with Gasteiger partial charge >= 0.3 is 0 Å². The van der Waals surface area contributed by atoms with E-state index in [0.717, 1.165) is 0 Å². The minimum atomic E-state index is -0.111. The number of carbonyl (C=O) groups is 2. The lowest BCUT2D eigenvalue weighted by molar-refractivity contribution is -0.122. The van der Waals surface area contributed by atoms with Gasteiger partial charge in [0.1, 0.15) is 5.78 Å². The van der Waals surface area contributed by atoms with E-state index in [9.17, 15) is 9.59 Å². The van der Waals surface area contributed by atoms with Crippen molar-refractivity contribution in [1.82, 2.24) is 5.32 Å². The molecule has 0 heterocycles. The summed E-state index contributed by atoms with van der Waals surface area (Å²) in [5.74, 6) is -0.0316. The SMILES string of the molecule is CC(=O)CCOCCC(=O)NCCOCCO. The third-order valence-electron chi connectivity index (χ3n) is 1.88. The number of rotatable bonds is 11. The van der Waals surface area contributed by atoms with Gasteiger partial charge in [-0.2, -0.15) is 0 Å². The Morgan fingerprint density at radius 1 is 1.06 bits per heavy atom. The molecule has 6 nitrogen and oxygen atoms in total. The van der Waals surface area contributed by atoms with Crippen molar-refractivity contribution >= 4 is 11.7 Å². The minimum Gasteiger partial charge on any atom is -0.394 e. The summed E-state index contributed by atoms with van der Waals surface area (Å²) in [6.45, 7) is 3.26. The Hall–Kier alpha value is -0.980. The third kappa shape index (κ3) is 13.0.